The van der Waals surface area contributed by atoms with E-state index in [1.165, 1.54) is 0 Å². The minimum atomic E-state index is -0.0325. The average molecular weight is 433 g/mol. The quantitative estimate of drug-likeness (QED) is 0.452. The Morgan fingerprint density at radius 1 is 0.935 bits per heavy atom. The summed E-state index contributed by atoms with van der Waals surface area (Å²) in [6.45, 7) is 5.04. The molecule has 3 heterocycles. The van der Waals surface area contributed by atoms with Gasteiger partial charge in [-0.25, -0.2) is 0 Å². The normalized spacial score (nSPS) is 14.7. The molecule has 0 N–H and O–H groups in total. The summed E-state index contributed by atoms with van der Waals surface area (Å²) in [4.78, 5) is 16.0. The van der Waals surface area contributed by atoms with Crippen molar-refractivity contribution in [2.75, 3.05) is 39.5 Å². The summed E-state index contributed by atoms with van der Waals surface area (Å²) in [6, 6.07) is 21.6. The van der Waals surface area contributed by atoms with Gasteiger partial charge in [-0.3, -0.25) is 14.3 Å². The van der Waals surface area contributed by atoms with Crippen LogP contribution in [0.3, 0.4) is 0 Å². The van der Waals surface area contributed by atoms with Gasteiger partial charge in [-0.15, -0.1) is 11.3 Å². The molecule has 1 saturated heterocycles. The van der Waals surface area contributed by atoms with Crippen LogP contribution in [0.4, 0.5) is 0 Å². The monoisotopic (exact) mass is 432 g/mol. The zero-order valence-electron chi connectivity index (χ0n) is 17.2. The lowest BCUT2D eigenvalue weighted by molar-refractivity contribution is 0.0322. The highest BCUT2D eigenvalue weighted by Crippen LogP contribution is 2.34. The molecule has 0 amide bonds. The molecule has 0 radical (unpaired) electrons. The maximum Gasteiger partial charge on any atom is 0.256 e. The van der Waals surface area contributed by atoms with E-state index in [2.05, 4.69) is 22.4 Å². The van der Waals surface area contributed by atoms with Crippen LogP contribution >= 0.6 is 11.3 Å². The largest absolute Gasteiger partial charge is 0.492 e. The Bertz CT molecular complexity index is 1210. The van der Waals surface area contributed by atoms with Crippen molar-refractivity contribution >= 4 is 21.6 Å². The number of hydrogen-bond donors (Lipinski definition) is 0. The van der Waals surface area contributed by atoms with E-state index in [4.69, 9.17) is 9.47 Å². The highest BCUT2D eigenvalue weighted by Gasteiger charge is 2.13. The van der Waals surface area contributed by atoms with Crippen molar-refractivity contribution in [2.45, 2.75) is 0 Å². The van der Waals surface area contributed by atoms with Crippen molar-refractivity contribution in [3.8, 4) is 22.6 Å². The topological polar surface area (TPSA) is 43.7 Å². The van der Waals surface area contributed by atoms with Gasteiger partial charge in [0.1, 0.15) is 17.2 Å². The predicted octanol–water partition coefficient (Wildman–Crippen LogP) is 4.43. The van der Waals surface area contributed by atoms with Gasteiger partial charge in [-0.05, 0) is 35.9 Å². The summed E-state index contributed by atoms with van der Waals surface area (Å²) in [5.41, 5.74) is 3.12. The van der Waals surface area contributed by atoms with Crippen LogP contribution < -0.4 is 10.3 Å². The average Bonchev–Trinajstić information content (AvgIpc) is 3.25. The maximum atomic E-state index is 12.7. The molecule has 0 bridgehead atoms. The van der Waals surface area contributed by atoms with E-state index >= 15 is 0 Å². The predicted molar refractivity (Wildman–Crippen MR) is 126 cm³/mol. The van der Waals surface area contributed by atoms with Gasteiger partial charge in [-0.1, -0.05) is 30.3 Å². The van der Waals surface area contributed by atoms with Gasteiger partial charge in [0.15, 0.2) is 0 Å². The molecule has 6 heteroatoms. The molecule has 5 nitrogen and oxygen atoms in total. The molecule has 0 spiro atoms. The summed E-state index contributed by atoms with van der Waals surface area (Å²) in [5, 5.41) is 3.21. The summed E-state index contributed by atoms with van der Waals surface area (Å²) in [5.74, 6) is 0.813. The van der Waals surface area contributed by atoms with Gasteiger partial charge in [0.2, 0.25) is 0 Å². The molecular formula is C25H24N2O3S. The summed E-state index contributed by atoms with van der Waals surface area (Å²) < 4.78 is 13.1. The molecule has 0 aliphatic carbocycles. The molecular weight excluding hydrogens is 408 g/mol. The number of fused-ring (bicyclic) bond motifs is 1. The first-order valence-electron chi connectivity index (χ1n) is 10.5. The molecule has 0 atom stereocenters. The van der Waals surface area contributed by atoms with E-state index in [9.17, 15) is 4.79 Å². The van der Waals surface area contributed by atoms with Crippen LogP contribution in [0.1, 0.15) is 0 Å². The second-order valence-corrected chi connectivity index (χ2v) is 8.40. The molecule has 0 unspecified atom stereocenters. The summed E-state index contributed by atoms with van der Waals surface area (Å²) in [7, 11) is 0. The van der Waals surface area contributed by atoms with E-state index in [-0.39, 0.29) is 5.56 Å². The second-order valence-electron chi connectivity index (χ2n) is 7.54. The van der Waals surface area contributed by atoms with Crippen LogP contribution in [0.5, 0.6) is 5.75 Å². The number of aromatic nitrogens is 1. The van der Waals surface area contributed by atoms with Gasteiger partial charge in [-0.2, -0.15) is 0 Å². The lowest BCUT2D eigenvalue weighted by Crippen LogP contribution is -2.38. The zero-order valence-corrected chi connectivity index (χ0v) is 18.0. The SMILES string of the molecule is O=c1ccc2c(-c3ccccc3)csc2n1-c1ccc(OCCN2CCOCC2)cc1. The van der Waals surface area contributed by atoms with Crippen molar-refractivity contribution in [2.24, 2.45) is 0 Å². The Balaban J connectivity index is 1.37. The Kier molecular flexibility index (Phi) is 5.84. The van der Waals surface area contributed by atoms with E-state index < -0.39 is 0 Å². The lowest BCUT2D eigenvalue weighted by atomic mass is 10.1. The third-order valence-corrected chi connectivity index (χ3v) is 6.56. The van der Waals surface area contributed by atoms with Crippen molar-refractivity contribution in [1.29, 1.82) is 0 Å². The van der Waals surface area contributed by atoms with Crippen molar-refractivity contribution in [3.63, 3.8) is 0 Å². The Hall–Kier alpha value is -2.93. The maximum absolute atomic E-state index is 12.7. The molecule has 0 saturated carbocycles. The van der Waals surface area contributed by atoms with Crippen LogP contribution in [0.15, 0.2) is 76.9 Å². The van der Waals surface area contributed by atoms with Crippen LogP contribution in [0.2, 0.25) is 0 Å². The molecule has 1 fully saturated rings. The van der Waals surface area contributed by atoms with Gasteiger partial charge < -0.3 is 9.47 Å². The second kappa shape index (κ2) is 9.06. The van der Waals surface area contributed by atoms with Crippen LogP contribution in [0.25, 0.3) is 27.0 Å². The summed E-state index contributed by atoms with van der Waals surface area (Å²) >= 11 is 1.59. The first-order chi connectivity index (χ1) is 15.3. The lowest BCUT2D eigenvalue weighted by Gasteiger charge is -2.26. The first-order valence-corrected chi connectivity index (χ1v) is 11.4. The molecule has 4 aromatic rings. The van der Waals surface area contributed by atoms with E-state index in [1.54, 1.807) is 22.0 Å². The van der Waals surface area contributed by atoms with Gasteiger partial charge in [0, 0.05) is 42.0 Å². The fourth-order valence-corrected chi connectivity index (χ4v) is 5.01. The van der Waals surface area contributed by atoms with E-state index in [0.717, 1.165) is 65.6 Å². The van der Waals surface area contributed by atoms with Crippen molar-refractivity contribution in [3.05, 3.63) is 82.5 Å². The third-order valence-electron chi connectivity index (χ3n) is 5.58. The van der Waals surface area contributed by atoms with Crippen LogP contribution in [-0.2, 0) is 4.74 Å². The van der Waals surface area contributed by atoms with Gasteiger partial charge in [0.05, 0.1) is 18.9 Å². The third kappa shape index (κ3) is 4.28. The Morgan fingerprint density at radius 3 is 2.48 bits per heavy atom. The minimum absolute atomic E-state index is 0.0325. The van der Waals surface area contributed by atoms with Crippen molar-refractivity contribution in [1.82, 2.24) is 9.47 Å². The van der Waals surface area contributed by atoms with E-state index in [1.807, 2.05) is 48.5 Å². The number of pyridine rings is 1. The smallest absolute Gasteiger partial charge is 0.256 e. The Labute approximate surface area is 185 Å². The fourth-order valence-electron chi connectivity index (χ4n) is 3.91. The van der Waals surface area contributed by atoms with Crippen molar-refractivity contribution < 1.29 is 9.47 Å². The fraction of sp³-hybridized carbons (Fsp3) is 0.240. The molecule has 1 aliphatic heterocycles. The molecule has 2 aromatic carbocycles. The number of rotatable bonds is 6. The molecule has 5 rings (SSSR count). The number of hydrogen-bond acceptors (Lipinski definition) is 5. The number of nitrogens with zero attached hydrogens (tertiary/aromatic N) is 2. The van der Waals surface area contributed by atoms with Gasteiger partial charge >= 0.3 is 0 Å². The highest BCUT2D eigenvalue weighted by molar-refractivity contribution is 7.17. The molecule has 2 aromatic heterocycles. The molecule has 158 valence electrons. The number of thiophene rings is 1. The van der Waals surface area contributed by atoms with Crippen LogP contribution in [-0.4, -0.2) is 48.9 Å². The standard InChI is InChI=1S/C25H24N2O3S/c28-24-11-10-22-23(19-4-2-1-3-5-19)18-31-25(22)27(24)20-6-8-21(9-7-20)30-17-14-26-12-15-29-16-13-26/h1-11,18H,12-17H2. The number of ether oxygens (including phenoxy) is 2. The van der Waals surface area contributed by atoms with Gasteiger partial charge in [0.25, 0.3) is 5.56 Å². The molecule has 31 heavy (non-hydrogen) atoms. The summed E-state index contributed by atoms with van der Waals surface area (Å²) in [6.07, 6.45) is 0. The number of morpholine rings is 1. The number of benzene rings is 2. The van der Waals surface area contributed by atoms with E-state index in [0.29, 0.717) is 6.61 Å². The first kappa shape index (κ1) is 20.0. The van der Waals surface area contributed by atoms with Crippen LogP contribution in [0, 0.1) is 0 Å². The zero-order chi connectivity index (χ0) is 21.0. The highest BCUT2D eigenvalue weighted by atomic mass is 32.1. The molecule has 1 aliphatic rings. The Morgan fingerprint density at radius 2 is 1.71 bits per heavy atom. The minimum Gasteiger partial charge on any atom is -0.492 e.